The summed E-state index contributed by atoms with van der Waals surface area (Å²) in [7, 11) is 0. The molecule has 1 aliphatic carbocycles. The molecule has 0 aromatic heterocycles. The molecule has 3 atom stereocenters. The predicted octanol–water partition coefficient (Wildman–Crippen LogP) is 1.89. The third-order valence-corrected chi connectivity index (χ3v) is 3.46. The van der Waals surface area contributed by atoms with Gasteiger partial charge in [0.05, 0.1) is 17.9 Å². The van der Waals surface area contributed by atoms with Gasteiger partial charge < -0.3 is 10.4 Å². The fourth-order valence-corrected chi connectivity index (χ4v) is 2.23. The maximum atomic E-state index is 11.8. The van der Waals surface area contributed by atoms with E-state index in [4.69, 9.17) is 5.11 Å². The van der Waals surface area contributed by atoms with E-state index in [2.05, 4.69) is 5.32 Å². The lowest BCUT2D eigenvalue weighted by molar-refractivity contribution is -0.140. The molecule has 4 heteroatoms. The second kappa shape index (κ2) is 4.80. The molecule has 1 aromatic carbocycles. The first kappa shape index (κ1) is 12.6. The van der Waals surface area contributed by atoms with Crippen LogP contribution >= 0.6 is 0 Å². The van der Waals surface area contributed by atoms with Gasteiger partial charge in [-0.1, -0.05) is 24.3 Å². The molecule has 1 amide bonds. The van der Waals surface area contributed by atoms with E-state index in [1.807, 2.05) is 38.1 Å². The number of carboxylic acid groups (broad SMARTS) is 1. The van der Waals surface area contributed by atoms with E-state index < -0.39 is 11.9 Å². The molecule has 0 heterocycles. The Bertz CT molecular complexity index is 484. The van der Waals surface area contributed by atoms with Gasteiger partial charge in [-0.05, 0) is 31.4 Å². The Labute approximate surface area is 106 Å². The predicted molar refractivity (Wildman–Crippen MR) is 67.0 cm³/mol. The number of carbonyl (C=O) groups is 2. The van der Waals surface area contributed by atoms with E-state index in [-0.39, 0.29) is 17.9 Å². The van der Waals surface area contributed by atoms with Crippen molar-refractivity contribution in [3.63, 3.8) is 0 Å². The van der Waals surface area contributed by atoms with Crippen molar-refractivity contribution in [2.24, 2.45) is 11.8 Å². The second-order valence-corrected chi connectivity index (χ2v) is 4.87. The highest BCUT2D eigenvalue weighted by molar-refractivity contribution is 5.89. The van der Waals surface area contributed by atoms with E-state index in [0.29, 0.717) is 6.42 Å². The maximum absolute atomic E-state index is 11.8. The van der Waals surface area contributed by atoms with Crippen molar-refractivity contribution in [3.05, 3.63) is 35.4 Å². The fraction of sp³-hybridized carbons (Fsp3) is 0.429. The average Bonchev–Trinajstić information content (AvgIpc) is 3.09. The second-order valence-electron chi connectivity index (χ2n) is 4.87. The number of carbonyl (C=O) groups excluding carboxylic acids is 1. The summed E-state index contributed by atoms with van der Waals surface area (Å²) in [5.74, 6) is -1.88. The topological polar surface area (TPSA) is 66.4 Å². The maximum Gasteiger partial charge on any atom is 0.307 e. The van der Waals surface area contributed by atoms with Crippen molar-refractivity contribution >= 4 is 11.9 Å². The van der Waals surface area contributed by atoms with Gasteiger partial charge in [0.25, 0.3) is 0 Å². The van der Waals surface area contributed by atoms with Crippen molar-refractivity contribution in [2.75, 3.05) is 0 Å². The number of rotatable bonds is 4. The normalized spacial score (nSPS) is 23.2. The minimum Gasteiger partial charge on any atom is -0.481 e. The summed E-state index contributed by atoms with van der Waals surface area (Å²) < 4.78 is 0. The van der Waals surface area contributed by atoms with Crippen LogP contribution in [0.2, 0.25) is 0 Å². The molecular formula is C14H17NO3. The molecule has 1 fully saturated rings. The molecule has 0 saturated heterocycles. The van der Waals surface area contributed by atoms with Gasteiger partial charge in [0.15, 0.2) is 0 Å². The highest BCUT2D eigenvalue weighted by atomic mass is 16.4. The number of carboxylic acids is 1. The van der Waals surface area contributed by atoms with Crippen LogP contribution in [0.1, 0.15) is 30.5 Å². The number of aryl methyl sites for hydroxylation is 1. The first-order valence-electron chi connectivity index (χ1n) is 6.09. The molecule has 0 unspecified atom stereocenters. The third-order valence-electron chi connectivity index (χ3n) is 3.46. The summed E-state index contributed by atoms with van der Waals surface area (Å²) >= 11 is 0. The minimum atomic E-state index is -0.876. The lowest BCUT2D eigenvalue weighted by Crippen LogP contribution is -2.29. The largest absolute Gasteiger partial charge is 0.481 e. The van der Waals surface area contributed by atoms with Crippen molar-refractivity contribution in [3.8, 4) is 0 Å². The van der Waals surface area contributed by atoms with Gasteiger partial charge >= 0.3 is 5.97 Å². The quantitative estimate of drug-likeness (QED) is 0.853. The molecule has 1 aromatic rings. The van der Waals surface area contributed by atoms with E-state index in [1.54, 1.807) is 0 Å². The molecule has 1 aliphatic rings. The van der Waals surface area contributed by atoms with Gasteiger partial charge in [-0.3, -0.25) is 9.59 Å². The number of nitrogens with one attached hydrogen (secondary N) is 1. The molecule has 0 radical (unpaired) electrons. The SMILES string of the molecule is Cc1ccccc1[C@H](C)NC(=O)[C@@H]1C[C@@H]1C(=O)O. The number of hydrogen-bond acceptors (Lipinski definition) is 2. The van der Waals surface area contributed by atoms with Gasteiger partial charge in [-0.25, -0.2) is 0 Å². The zero-order valence-electron chi connectivity index (χ0n) is 10.5. The average molecular weight is 247 g/mol. The van der Waals surface area contributed by atoms with Crippen LogP contribution in [0.15, 0.2) is 24.3 Å². The zero-order valence-corrected chi connectivity index (χ0v) is 10.5. The van der Waals surface area contributed by atoms with Crippen molar-refractivity contribution in [1.29, 1.82) is 0 Å². The lowest BCUT2D eigenvalue weighted by atomic mass is 10.0. The molecule has 2 N–H and O–H groups in total. The smallest absolute Gasteiger partial charge is 0.307 e. The van der Waals surface area contributed by atoms with Gasteiger partial charge in [0.2, 0.25) is 5.91 Å². The van der Waals surface area contributed by atoms with Crippen LogP contribution < -0.4 is 5.32 Å². The van der Waals surface area contributed by atoms with Crippen LogP contribution in [0.3, 0.4) is 0 Å². The van der Waals surface area contributed by atoms with Crippen LogP contribution in [-0.2, 0) is 9.59 Å². The van der Waals surface area contributed by atoms with Crippen LogP contribution in [0.5, 0.6) is 0 Å². The fourth-order valence-electron chi connectivity index (χ4n) is 2.23. The van der Waals surface area contributed by atoms with Crippen LogP contribution in [0.4, 0.5) is 0 Å². The summed E-state index contributed by atoms with van der Waals surface area (Å²) in [5.41, 5.74) is 2.19. The highest BCUT2D eigenvalue weighted by Gasteiger charge is 2.48. The summed E-state index contributed by atoms with van der Waals surface area (Å²) in [5, 5.41) is 11.7. The van der Waals surface area contributed by atoms with Crippen molar-refractivity contribution < 1.29 is 14.7 Å². The van der Waals surface area contributed by atoms with Crippen molar-refractivity contribution in [1.82, 2.24) is 5.32 Å². The summed E-state index contributed by atoms with van der Waals surface area (Å²) in [6.07, 6.45) is 0.460. The van der Waals surface area contributed by atoms with Gasteiger partial charge in [0, 0.05) is 0 Å². The summed E-state index contributed by atoms with van der Waals surface area (Å²) in [6.45, 7) is 3.91. The standard InChI is InChI=1S/C14H17NO3/c1-8-5-3-4-6-10(8)9(2)15-13(16)11-7-12(11)14(17)18/h3-6,9,11-12H,7H2,1-2H3,(H,15,16)(H,17,18)/t9-,11+,12-/m0/s1. The first-order valence-corrected chi connectivity index (χ1v) is 6.09. The zero-order chi connectivity index (χ0) is 13.3. The number of aliphatic carboxylic acids is 1. The minimum absolute atomic E-state index is 0.0891. The number of benzene rings is 1. The Balaban J connectivity index is 1.97. The van der Waals surface area contributed by atoms with Gasteiger partial charge in [0.1, 0.15) is 0 Å². The Kier molecular flexibility index (Phi) is 3.36. The molecular weight excluding hydrogens is 230 g/mol. The van der Waals surface area contributed by atoms with E-state index in [9.17, 15) is 9.59 Å². The molecule has 1 saturated carbocycles. The summed E-state index contributed by atoms with van der Waals surface area (Å²) in [4.78, 5) is 22.5. The Morgan fingerprint density at radius 2 is 2.00 bits per heavy atom. The summed E-state index contributed by atoms with van der Waals surface area (Å²) in [6, 6.07) is 7.77. The van der Waals surface area contributed by atoms with Crippen LogP contribution in [0.25, 0.3) is 0 Å². The number of amides is 1. The highest BCUT2D eigenvalue weighted by Crippen LogP contribution is 2.39. The first-order chi connectivity index (χ1) is 8.50. The Morgan fingerprint density at radius 3 is 2.56 bits per heavy atom. The van der Waals surface area contributed by atoms with E-state index >= 15 is 0 Å². The Hall–Kier alpha value is -1.84. The molecule has 2 rings (SSSR count). The lowest BCUT2D eigenvalue weighted by Gasteiger charge is -2.16. The van der Waals surface area contributed by atoms with E-state index in [1.165, 1.54) is 0 Å². The third kappa shape index (κ3) is 2.53. The molecule has 0 bridgehead atoms. The molecule has 0 aliphatic heterocycles. The molecule has 18 heavy (non-hydrogen) atoms. The Morgan fingerprint density at radius 1 is 1.33 bits per heavy atom. The molecule has 96 valence electrons. The monoisotopic (exact) mass is 247 g/mol. The number of hydrogen-bond donors (Lipinski definition) is 2. The van der Waals surface area contributed by atoms with Gasteiger partial charge in [-0.2, -0.15) is 0 Å². The van der Waals surface area contributed by atoms with Crippen LogP contribution in [-0.4, -0.2) is 17.0 Å². The van der Waals surface area contributed by atoms with Gasteiger partial charge in [-0.15, -0.1) is 0 Å². The van der Waals surface area contributed by atoms with Crippen LogP contribution in [0, 0.1) is 18.8 Å². The molecule has 4 nitrogen and oxygen atoms in total. The molecule has 0 spiro atoms. The van der Waals surface area contributed by atoms with E-state index in [0.717, 1.165) is 11.1 Å². The van der Waals surface area contributed by atoms with Crippen molar-refractivity contribution in [2.45, 2.75) is 26.3 Å².